The van der Waals surface area contributed by atoms with Crippen molar-refractivity contribution in [2.75, 3.05) is 13.6 Å². The first kappa shape index (κ1) is 22.1. The SMILES string of the molecule is CN(OC(=O)CCCCCNC(=O)OCc1ccccc1)C(=O)CCC=O. The molecule has 0 bridgehead atoms. The molecule has 0 fully saturated rings. The average molecular weight is 378 g/mol. The number of amides is 2. The van der Waals surface area contributed by atoms with Gasteiger partial charge in [-0.2, -0.15) is 5.06 Å². The van der Waals surface area contributed by atoms with Gasteiger partial charge in [0.05, 0.1) is 0 Å². The second-order valence-electron chi connectivity index (χ2n) is 5.86. The van der Waals surface area contributed by atoms with Gasteiger partial charge in [-0.05, 0) is 18.4 Å². The van der Waals surface area contributed by atoms with Crippen LogP contribution in [0.1, 0.15) is 44.1 Å². The van der Waals surface area contributed by atoms with E-state index in [4.69, 9.17) is 9.57 Å². The lowest BCUT2D eigenvalue weighted by Crippen LogP contribution is -2.29. The van der Waals surface area contributed by atoms with Crippen molar-refractivity contribution in [1.29, 1.82) is 0 Å². The maximum absolute atomic E-state index is 11.6. The Morgan fingerprint density at radius 3 is 2.52 bits per heavy atom. The summed E-state index contributed by atoms with van der Waals surface area (Å²) >= 11 is 0. The standard InChI is InChI=1S/C19H26N2O6/c1-21(17(23)11-8-14-22)27-18(24)12-6-3-7-13-20-19(25)26-15-16-9-4-2-5-10-16/h2,4-5,9-10,14H,3,6-8,11-13,15H2,1H3,(H,20,25). The van der Waals surface area contributed by atoms with E-state index >= 15 is 0 Å². The number of nitrogens with one attached hydrogen (secondary N) is 1. The third-order valence-corrected chi connectivity index (χ3v) is 3.61. The number of rotatable bonds is 11. The van der Waals surface area contributed by atoms with Gasteiger partial charge in [0.15, 0.2) is 0 Å². The van der Waals surface area contributed by atoms with E-state index < -0.39 is 18.0 Å². The summed E-state index contributed by atoms with van der Waals surface area (Å²) in [6.07, 6.45) is 2.44. The number of unbranched alkanes of at least 4 members (excludes halogenated alkanes) is 2. The van der Waals surface area contributed by atoms with Gasteiger partial charge >= 0.3 is 12.1 Å². The predicted octanol–water partition coefficient (Wildman–Crippen LogP) is 2.37. The highest BCUT2D eigenvalue weighted by atomic mass is 16.7. The summed E-state index contributed by atoms with van der Waals surface area (Å²) in [6, 6.07) is 9.39. The van der Waals surface area contributed by atoms with Gasteiger partial charge in [-0.3, -0.25) is 4.79 Å². The molecule has 0 spiro atoms. The highest BCUT2D eigenvalue weighted by Crippen LogP contribution is 2.04. The fourth-order valence-electron chi connectivity index (χ4n) is 2.12. The van der Waals surface area contributed by atoms with Gasteiger partial charge in [0, 0.05) is 32.9 Å². The Hall–Kier alpha value is -2.90. The van der Waals surface area contributed by atoms with Crippen molar-refractivity contribution < 1.29 is 28.8 Å². The van der Waals surface area contributed by atoms with Crippen LogP contribution in [0.5, 0.6) is 0 Å². The van der Waals surface area contributed by atoms with Gasteiger partial charge in [0.2, 0.25) is 0 Å². The molecule has 1 N–H and O–H groups in total. The van der Waals surface area contributed by atoms with Crippen molar-refractivity contribution in [2.24, 2.45) is 0 Å². The number of ether oxygens (including phenoxy) is 1. The molecular weight excluding hydrogens is 352 g/mol. The lowest BCUT2D eigenvalue weighted by Gasteiger charge is -2.15. The topological polar surface area (TPSA) is 102 Å². The van der Waals surface area contributed by atoms with Crippen LogP contribution in [0.4, 0.5) is 4.79 Å². The Morgan fingerprint density at radius 2 is 1.81 bits per heavy atom. The molecule has 0 aliphatic carbocycles. The van der Waals surface area contributed by atoms with E-state index in [2.05, 4.69) is 5.32 Å². The molecule has 0 aromatic heterocycles. The second-order valence-corrected chi connectivity index (χ2v) is 5.86. The summed E-state index contributed by atoms with van der Waals surface area (Å²) < 4.78 is 5.08. The number of carbonyl (C=O) groups is 4. The zero-order chi connectivity index (χ0) is 19.9. The van der Waals surface area contributed by atoms with Crippen molar-refractivity contribution in [3.05, 3.63) is 35.9 Å². The number of benzene rings is 1. The first-order valence-corrected chi connectivity index (χ1v) is 8.88. The van der Waals surface area contributed by atoms with E-state index in [1.807, 2.05) is 30.3 Å². The molecule has 0 heterocycles. The summed E-state index contributed by atoms with van der Waals surface area (Å²) in [5.74, 6) is -0.930. The molecule has 8 nitrogen and oxygen atoms in total. The number of nitrogens with zero attached hydrogens (tertiary/aromatic N) is 1. The molecule has 0 radical (unpaired) electrons. The molecule has 1 aromatic carbocycles. The van der Waals surface area contributed by atoms with Gasteiger partial charge in [-0.1, -0.05) is 36.8 Å². The zero-order valence-electron chi connectivity index (χ0n) is 15.5. The molecule has 148 valence electrons. The molecule has 2 amide bonds. The molecule has 0 saturated heterocycles. The number of carbonyl (C=O) groups excluding carboxylic acids is 4. The third kappa shape index (κ3) is 10.6. The Morgan fingerprint density at radius 1 is 1.07 bits per heavy atom. The van der Waals surface area contributed by atoms with Crippen molar-refractivity contribution in [3.63, 3.8) is 0 Å². The van der Waals surface area contributed by atoms with Gasteiger partial charge < -0.3 is 19.7 Å². The molecule has 0 aliphatic heterocycles. The fraction of sp³-hybridized carbons (Fsp3) is 0.474. The maximum atomic E-state index is 11.6. The number of alkyl carbamates (subject to hydrolysis) is 1. The van der Waals surface area contributed by atoms with Crippen LogP contribution in [0, 0.1) is 0 Å². The summed E-state index contributed by atoms with van der Waals surface area (Å²) in [5, 5.41) is 3.51. The van der Waals surface area contributed by atoms with Crippen molar-refractivity contribution in [2.45, 2.75) is 45.1 Å². The number of hydrogen-bond donors (Lipinski definition) is 1. The molecular formula is C19H26N2O6. The lowest BCUT2D eigenvalue weighted by atomic mass is 10.2. The Labute approximate surface area is 158 Å². The zero-order valence-corrected chi connectivity index (χ0v) is 15.5. The van der Waals surface area contributed by atoms with Gasteiger partial charge in [-0.25, -0.2) is 9.59 Å². The van der Waals surface area contributed by atoms with Crippen LogP contribution in [0.15, 0.2) is 30.3 Å². The monoisotopic (exact) mass is 378 g/mol. The third-order valence-electron chi connectivity index (χ3n) is 3.61. The van der Waals surface area contributed by atoms with E-state index in [0.29, 0.717) is 25.7 Å². The normalized spacial score (nSPS) is 9.96. The number of hydrogen-bond acceptors (Lipinski definition) is 6. The first-order chi connectivity index (χ1) is 13.0. The van der Waals surface area contributed by atoms with Gasteiger partial charge in [-0.15, -0.1) is 0 Å². The summed E-state index contributed by atoms with van der Waals surface area (Å²) in [7, 11) is 1.34. The average Bonchev–Trinajstić information content (AvgIpc) is 2.67. The van der Waals surface area contributed by atoms with Crippen LogP contribution >= 0.6 is 0 Å². The summed E-state index contributed by atoms with van der Waals surface area (Å²) in [4.78, 5) is 49.7. The second kappa shape index (κ2) is 13.3. The number of aldehydes is 1. The van der Waals surface area contributed by atoms with Crippen LogP contribution < -0.4 is 5.32 Å². The van der Waals surface area contributed by atoms with Crippen molar-refractivity contribution in [1.82, 2.24) is 10.4 Å². The van der Waals surface area contributed by atoms with Crippen LogP contribution in [0.2, 0.25) is 0 Å². The molecule has 8 heteroatoms. The van der Waals surface area contributed by atoms with Crippen molar-refractivity contribution >= 4 is 24.3 Å². The van der Waals surface area contributed by atoms with E-state index in [1.54, 1.807) is 0 Å². The fourth-order valence-corrected chi connectivity index (χ4v) is 2.12. The quantitative estimate of drug-likeness (QED) is 0.360. The van der Waals surface area contributed by atoms with E-state index in [0.717, 1.165) is 17.0 Å². The van der Waals surface area contributed by atoms with E-state index in [1.165, 1.54) is 7.05 Å². The van der Waals surface area contributed by atoms with Gasteiger partial charge in [0.25, 0.3) is 5.91 Å². The number of hydroxylamine groups is 2. The Bertz CT molecular complexity index is 605. The lowest BCUT2D eigenvalue weighted by molar-refractivity contribution is -0.192. The summed E-state index contributed by atoms with van der Waals surface area (Å²) in [6.45, 7) is 0.671. The minimum atomic E-state index is -0.507. The molecule has 0 aliphatic rings. The molecule has 0 unspecified atom stereocenters. The predicted molar refractivity (Wildman–Crippen MR) is 97.3 cm³/mol. The highest BCUT2D eigenvalue weighted by Gasteiger charge is 2.13. The molecule has 1 aromatic rings. The minimum Gasteiger partial charge on any atom is -0.445 e. The van der Waals surface area contributed by atoms with Crippen LogP contribution in [-0.4, -0.2) is 42.9 Å². The minimum absolute atomic E-state index is 0.0132. The smallest absolute Gasteiger partial charge is 0.407 e. The van der Waals surface area contributed by atoms with Gasteiger partial charge in [0.1, 0.15) is 12.9 Å². The van der Waals surface area contributed by atoms with Crippen LogP contribution in [0.3, 0.4) is 0 Å². The largest absolute Gasteiger partial charge is 0.445 e. The molecule has 0 saturated carbocycles. The summed E-state index contributed by atoms with van der Waals surface area (Å²) in [5.41, 5.74) is 0.917. The van der Waals surface area contributed by atoms with E-state index in [9.17, 15) is 19.2 Å². The van der Waals surface area contributed by atoms with Crippen LogP contribution in [0.25, 0.3) is 0 Å². The highest BCUT2D eigenvalue weighted by molar-refractivity contribution is 5.79. The first-order valence-electron chi connectivity index (χ1n) is 8.88. The molecule has 27 heavy (non-hydrogen) atoms. The molecule has 1 rings (SSSR count). The maximum Gasteiger partial charge on any atom is 0.407 e. The van der Waals surface area contributed by atoms with Crippen LogP contribution in [-0.2, 0) is 30.6 Å². The van der Waals surface area contributed by atoms with E-state index in [-0.39, 0.29) is 25.9 Å². The Balaban J connectivity index is 2.02. The Kier molecular flexibility index (Phi) is 10.9. The van der Waals surface area contributed by atoms with Crippen molar-refractivity contribution in [3.8, 4) is 0 Å². The molecule has 0 atom stereocenters.